The number of benzene rings is 3. The number of carbonyl (C=O) groups excluding carboxylic acids is 1. The number of carbonyl (C=O) groups is 1. The smallest absolute Gasteiger partial charge is 0.255 e. The Hall–Kier alpha value is -4.80. The second kappa shape index (κ2) is 13.6. The first-order valence-corrected chi connectivity index (χ1v) is 19.1. The molecule has 2 saturated carbocycles. The van der Waals surface area contributed by atoms with E-state index < -0.39 is 0 Å². The number of hydrogen-bond acceptors (Lipinski definition) is 6. The fourth-order valence-corrected chi connectivity index (χ4v) is 8.57. The molecule has 2 N–H and O–H groups in total. The zero-order valence-corrected chi connectivity index (χ0v) is 30.6. The van der Waals surface area contributed by atoms with Crippen LogP contribution in [0.25, 0.3) is 21.9 Å². The van der Waals surface area contributed by atoms with Gasteiger partial charge in [-0.15, -0.1) is 0 Å². The van der Waals surface area contributed by atoms with Crippen LogP contribution >= 0.6 is 11.6 Å². The Morgan fingerprint density at radius 1 is 1.06 bits per heavy atom. The largest absolute Gasteiger partial charge is 0.473 e. The number of H-pyrrole nitrogens is 1. The van der Waals surface area contributed by atoms with Crippen LogP contribution < -0.4 is 10.1 Å². The number of halogens is 2. The topological polar surface area (TPSA) is 107 Å². The lowest BCUT2D eigenvalue weighted by atomic mass is 9.77. The van der Waals surface area contributed by atoms with Gasteiger partial charge in [-0.1, -0.05) is 37.6 Å². The van der Waals surface area contributed by atoms with Crippen molar-refractivity contribution in [2.45, 2.75) is 89.4 Å². The molecule has 1 amide bonds. The summed E-state index contributed by atoms with van der Waals surface area (Å²) in [6.45, 7) is 5.90. The average Bonchev–Trinajstić information content (AvgIpc) is 3.45. The number of imidazole rings is 1. The van der Waals surface area contributed by atoms with Gasteiger partial charge in [0, 0.05) is 63.1 Å². The summed E-state index contributed by atoms with van der Waals surface area (Å²) in [5.74, 6) is 2.08. The van der Waals surface area contributed by atoms with Crippen LogP contribution in [0.15, 0.2) is 72.8 Å². The van der Waals surface area contributed by atoms with Crippen molar-refractivity contribution in [2.75, 3.05) is 11.9 Å². The first-order chi connectivity index (χ1) is 25.7. The molecule has 272 valence electrons. The van der Waals surface area contributed by atoms with E-state index in [0.29, 0.717) is 33.9 Å². The molecule has 3 fully saturated rings. The number of anilines is 1. The van der Waals surface area contributed by atoms with E-state index in [4.69, 9.17) is 31.0 Å². The van der Waals surface area contributed by atoms with E-state index in [9.17, 15) is 9.18 Å². The molecule has 9 rings (SSSR count). The van der Waals surface area contributed by atoms with Gasteiger partial charge in [-0.25, -0.2) is 14.4 Å². The Labute approximate surface area is 312 Å². The number of hydrogen-bond donors (Lipinski definition) is 2. The van der Waals surface area contributed by atoms with Gasteiger partial charge >= 0.3 is 0 Å². The number of nitrogens with one attached hydrogen (secondary N) is 2. The van der Waals surface area contributed by atoms with E-state index in [-0.39, 0.29) is 35.8 Å². The number of rotatable bonds is 10. The normalized spacial score (nSPS) is 22.4. The second-order valence-corrected chi connectivity index (χ2v) is 15.8. The first-order valence-electron chi connectivity index (χ1n) is 18.7. The molecular formula is C42H42ClFN6O3. The lowest BCUT2D eigenvalue weighted by molar-refractivity contribution is -0.0590. The Balaban J connectivity index is 0.899. The van der Waals surface area contributed by atoms with Crippen molar-refractivity contribution in [3.63, 3.8) is 0 Å². The maximum absolute atomic E-state index is 14.3. The molecule has 2 aliphatic carbocycles. The SMILES string of the molecule is CC(C)c1[nH]nc2ccc(C(=O)Nc3ccc4c(c3)nc(C3CC35CCC(c3cccc(OCc6ccc(Cl)cc6F)n3)CC5)n4C[C@@H]3CCO3)cc12. The molecular weight excluding hydrogens is 691 g/mol. The predicted molar refractivity (Wildman–Crippen MR) is 203 cm³/mol. The summed E-state index contributed by atoms with van der Waals surface area (Å²) in [7, 11) is 0. The Morgan fingerprint density at radius 3 is 2.68 bits per heavy atom. The molecule has 3 aromatic heterocycles. The summed E-state index contributed by atoms with van der Waals surface area (Å²) in [5, 5.41) is 12.0. The predicted octanol–water partition coefficient (Wildman–Crippen LogP) is 9.68. The third-order valence-corrected chi connectivity index (χ3v) is 11.9. The molecule has 53 heavy (non-hydrogen) atoms. The van der Waals surface area contributed by atoms with Gasteiger partial charge in [-0.05, 0) is 104 Å². The summed E-state index contributed by atoms with van der Waals surface area (Å²) in [6.07, 6.45) is 6.67. The van der Waals surface area contributed by atoms with Gasteiger partial charge in [-0.3, -0.25) is 9.89 Å². The number of nitrogens with zero attached hydrogens (tertiary/aromatic N) is 4. The van der Waals surface area contributed by atoms with Gasteiger partial charge in [0.1, 0.15) is 18.2 Å². The van der Waals surface area contributed by atoms with Crippen molar-refractivity contribution < 1.29 is 18.7 Å². The molecule has 9 nitrogen and oxygen atoms in total. The van der Waals surface area contributed by atoms with Crippen LogP contribution in [0, 0.1) is 11.2 Å². The van der Waals surface area contributed by atoms with Gasteiger partial charge < -0.3 is 19.4 Å². The zero-order valence-electron chi connectivity index (χ0n) is 29.9. The van der Waals surface area contributed by atoms with E-state index >= 15 is 0 Å². The zero-order chi connectivity index (χ0) is 36.3. The second-order valence-electron chi connectivity index (χ2n) is 15.4. The van der Waals surface area contributed by atoms with Gasteiger partial charge in [0.2, 0.25) is 5.88 Å². The number of pyridine rings is 1. The molecule has 0 radical (unpaired) electrons. The minimum Gasteiger partial charge on any atom is -0.473 e. The highest BCUT2D eigenvalue weighted by Crippen LogP contribution is 2.67. The van der Waals surface area contributed by atoms with Crippen molar-refractivity contribution >= 4 is 45.1 Å². The molecule has 1 saturated heterocycles. The quantitative estimate of drug-likeness (QED) is 0.145. The Bertz CT molecular complexity index is 2340. The molecule has 3 aliphatic rings. The molecule has 3 aromatic carbocycles. The van der Waals surface area contributed by atoms with Crippen molar-refractivity contribution in [3.05, 3.63) is 112 Å². The summed E-state index contributed by atoms with van der Waals surface area (Å²) in [6, 6.07) is 22.2. The van der Waals surface area contributed by atoms with Gasteiger partial charge in [0.25, 0.3) is 5.91 Å². The maximum atomic E-state index is 14.3. The number of aromatic nitrogens is 5. The summed E-state index contributed by atoms with van der Waals surface area (Å²) < 4.78 is 28.5. The summed E-state index contributed by atoms with van der Waals surface area (Å²) in [4.78, 5) is 23.5. The monoisotopic (exact) mass is 732 g/mol. The van der Waals surface area contributed by atoms with Crippen LogP contribution in [0.1, 0.15) is 103 Å². The molecule has 4 heterocycles. The van der Waals surface area contributed by atoms with E-state index in [0.717, 1.165) is 96.5 Å². The minimum atomic E-state index is -0.383. The molecule has 1 spiro atoms. The number of aromatic amines is 1. The Morgan fingerprint density at radius 2 is 1.91 bits per heavy atom. The van der Waals surface area contributed by atoms with Crippen molar-refractivity contribution in [1.82, 2.24) is 24.7 Å². The van der Waals surface area contributed by atoms with Crippen LogP contribution in [0.5, 0.6) is 5.88 Å². The van der Waals surface area contributed by atoms with Crippen LogP contribution in [0.2, 0.25) is 5.02 Å². The molecule has 11 heteroatoms. The maximum Gasteiger partial charge on any atom is 0.255 e. The van der Waals surface area contributed by atoms with Crippen LogP contribution in [-0.2, 0) is 17.9 Å². The fraction of sp³-hybridized carbons (Fsp3) is 0.381. The third-order valence-electron chi connectivity index (χ3n) is 11.7. The highest BCUT2D eigenvalue weighted by molar-refractivity contribution is 6.30. The van der Waals surface area contributed by atoms with E-state index in [1.807, 2.05) is 42.5 Å². The lowest BCUT2D eigenvalue weighted by Gasteiger charge is -2.30. The summed E-state index contributed by atoms with van der Waals surface area (Å²) >= 11 is 5.90. The average molecular weight is 733 g/mol. The Kier molecular flexibility index (Phi) is 8.70. The molecule has 2 atom stereocenters. The highest BCUT2D eigenvalue weighted by Gasteiger charge is 2.57. The number of amides is 1. The third kappa shape index (κ3) is 6.56. The van der Waals surface area contributed by atoms with Crippen LogP contribution in [0.4, 0.5) is 10.1 Å². The molecule has 6 aromatic rings. The van der Waals surface area contributed by atoms with Crippen LogP contribution in [-0.4, -0.2) is 43.4 Å². The number of fused-ring (bicyclic) bond motifs is 2. The standard InChI is InChI=1S/C42H42ClFN6O3/c1-24(2)39-31-18-26(7-10-35(31)48-49-39)41(51)45-29-9-11-37-36(20-29)47-40(50(37)22-30-14-17-52-30)32-21-42(32)15-12-25(13-16-42)34-4-3-5-38(46-34)53-23-27-6-8-28(43)19-33(27)44/h3-11,18-20,24-25,30,32H,12-17,21-23H2,1-2H3,(H,45,51)(H,48,49)/t25?,30-,32?,42?/m0/s1. The lowest BCUT2D eigenvalue weighted by Crippen LogP contribution is -2.31. The molecule has 0 bridgehead atoms. The van der Waals surface area contributed by atoms with E-state index in [2.05, 4.69) is 46.1 Å². The van der Waals surface area contributed by atoms with Gasteiger partial charge in [-0.2, -0.15) is 5.10 Å². The molecule has 1 unspecified atom stereocenters. The van der Waals surface area contributed by atoms with E-state index in [1.54, 1.807) is 12.1 Å². The van der Waals surface area contributed by atoms with Crippen molar-refractivity contribution in [3.8, 4) is 5.88 Å². The van der Waals surface area contributed by atoms with Gasteiger partial charge in [0.15, 0.2) is 0 Å². The first kappa shape index (κ1) is 34.0. The molecule has 1 aliphatic heterocycles. The van der Waals surface area contributed by atoms with E-state index in [1.165, 1.54) is 6.07 Å². The van der Waals surface area contributed by atoms with Gasteiger partial charge in [0.05, 0.1) is 29.2 Å². The van der Waals surface area contributed by atoms with Crippen molar-refractivity contribution in [2.24, 2.45) is 5.41 Å². The van der Waals surface area contributed by atoms with Crippen molar-refractivity contribution in [1.29, 1.82) is 0 Å². The number of ether oxygens (including phenoxy) is 2. The fourth-order valence-electron chi connectivity index (χ4n) is 8.41. The summed E-state index contributed by atoms with van der Waals surface area (Å²) in [5.41, 5.74) is 6.85. The highest BCUT2D eigenvalue weighted by atomic mass is 35.5. The van der Waals surface area contributed by atoms with Crippen LogP contribution in [0.3, 0.4) is 0 Å². The minimum absolute atomic E-state index is 0.0944.